The lowest BCUT2D eigenvalue weighted by atomic mass is 9.91. The number of thiazole rings is 1. The van der Waals surface area contributed by atoms with E-state index in [0.29, 0.717) is 23.1 Å². The summed E-state index contributed by atoms with van der Waals surface area (Å²) in [6.45, 7) is 17.2. The first kappa shape index (κ1) is 31.3. The molecule has 0 radical (unpaired) electrons. The molecule has 4 aromatic rings. The number of anilines is 1. The second kappa shape index (κ2) is 12.5. The monoisotopic (exact) mass is 621 g/mol. The Labute approximate surface area is 263 Å². The Bertz CT molecular complexity index is 1620. The first-order valence-corrected chi connectivity index (χ1v) is 15.9. The predicted octanol–water partition coefficient (Wildman–Crippen LogP) is 7.33. The standard InChI is InChI=1S/C33H40ClN5O3S/c1-19(2)39-16-15-38(18-21(39)4)32-35-14-13-24(37-32)30-36-25-17-20(3)26(28(31(40)41-8)42-33(5,6)7)27(29(25)43-30)22-9-11-23(34)12-10-22/h9-14,17,19,21,28H,15-16,18H2,1-8H3/t21-,28?/m0/s1. The van der Waals surface area contributed by atoms with E-state index in [9.17, 15) is 4.79 Å². The van der Waals surface area contributed by atoms with Gasteiger partial charge in [-0.2, -0.15) is 0 Å². The highest BCUT2D eigenvalue weighted by Gasteiger charge is 2.33. The number of halogens is 1. The van der Waals surface area contributed by atoms with Crippen molar-refractivity contribution in [2.45, 2.75) is 72.3 Å². The Morgan fingerprint density at radius 3 is 2.47 bits per heavy atom. The summed E-state index contributed by atoms with van der Waals surface area (Å²) in [4.78, 5) is 32.6. The molecule has 8 nitrogen and oxygen atoms in total. The number of rotatable bonds is 7. The lowest BCUT2D eigenvalue weighted by Gasteiger charge is -2.42. The maximum atomic E-state index is 13.2. The number of piperazine rings is 1. The predicted molar refractivity (Wildman–Crippen MR) is 175 cm³/mol. The van der Waals surface area contributed by atoms with Gasteiger partial charge >= 0.3 is 5.97 Å². The second-order valence-electron chi connectivity index (χ2n) is 12.4. The Kier molecular flexibility index (Phi) is 9.09. The third-order valence-electron chi connectivity index (χ3n) is 7.70. The van der Waals surface area contributed by atoms with Crippen molar-refractivity contribution in [3.63, 3.8) is 0 Å². The molecule has 5 rings (SSSR count). The van der Waals surface area contributed by atoms with Crippen LogP contribution in [0.15, 0.2) is 42.6 Å². The Hall–Kier alpha value is -3.11. The van der Waals surface area contributed by atoms with Crippen molar-refractivity contribution in [2.24, 2.45) is 0 Å². The number of esters is 1. The van der Waals surface area contributed by atoms with Gasteiger partial charge < -0.3 is 14.4 Å². The summed E-state index contributed by atoms with van der Waals surface area (Å²) in [6.07, 6.45) is 0.882. The van der Waals surface area contributed by atoms with Gasteiger partial charge in [0.1, 0.15) is 10.7 Å². The zero-order valence-electron chi connectivity index (χ0n) is 26.1. The Balaban J connectivity index is 1.63. The normalized spacial score (nSPS) is 17.1. The van der Waals surface area contributed by atoms with Crippen LogP contribution in [0.4, 0.5) is 5.95 Å². The average Bonchev–Trinajstić information content (AvgIpc) is 3.38. The smallest absolute Gasteiger partial charge is 0.339 e. The molecule has 0 saturated carbocycles. The minimum atomic E-state index is -0.928. The first-order valence-electron chi connectivity index (χ1n) is 14.7. The molecule has 1 saturated heterocycles. The van der Waals surface area contributed by atoms with Crippen LogP contribution in [-0.2, 0) is 14.3 Å². The van der Waals surface area contributed by atoms with Crippen LogP contribution in [0.5, 0.6) is 0 Å². The Morgan fingerprint density at radius 2 is 1.84 bits per heavy atom. The van der Waals surface area contributed by atoms with Crippen LogP contribution in [0.3, 0.4) is 0 Å². The number of methoxy groups -OCH3 is 1. The molecule has 43 heavy (non-hydrogen) atoms. The van der Waals surface area contributed by atoms with Gasteiger partial charge in [0.25, 0.3) is 0 Å². The van der Waals surface area contributed by atoms with E-state index in [1.807, 2.05) is 70.3 Å². The van der Waals surface area contributed by atoms with E-state index in [1.54, 1.807) is 11.3 Å². The number of ether oxygens (including phenoxy) is 2. The fraction of sp³-hybridized carbons (Fsp3) is 0.455. The molecule has 1 aliphatic heterocycles. The molecule has 2 aromatic carbocycles. The molecule has 0 aliphatic carbocycles. The summed E-state index contributed by atoms with van der Waals surface area (Å²) in [5.41, 5.74) is 4.43. The highest BCUT2D eigenvalue weighted by molar-refractivity contribution is 7.22. The molecule has 2 aromatic heterocycles. The summed E-state index contributed by atoms with van der Waals surface area (Å²) in [6, 6.07) is 12.5. The van der Waals surface area contributed by atoms with Crippen LogP contribution in [0.2, 0.25) is 5.02 Å². The third-order valence-corrected chi connectivity index (χ3v) is 9.06. The molecule has 2 atom stereocenters. The molecule has 0 spiro atoms. The SMILES string of the molecule is COC(=O)C(OC(C)(C)C)c1c(C)cc2nc(-c3ccnc(N4CCN(C(C)C)[C@@H](C)C4)n3)sc2c1-c1ccc(Cl)cc1. The van der Waals surface area contributed by atoms with Gasteiger partial charge in [-0.05, 0) is 83.9 Å². The van der Waals surface area contributed by atoms with Gasteiger partial charge in [-0.15, -0.1) is 11.3 Å². The number of carbonyl (C=O) groups is 1. The van der Waals surface area contributed by atoms with Gasteiger partial charge in [-0.1, -0.05) is 23.7 Å². The number of hydrogen-bond donors (Lipinski definition) is 0. The van der Waals surface area contributed by atoms with E-state index < -0.39 is 17.7 Å². The van der Waals surface area contributed by atoms with E-state index in [4.69, 9.17) is 31.0 Å². The molecule has 0 amide bonds. The molecular formula is C33H40ClN5O3S. The minimum absolute atomic E-state index is 0.407. The third kappa shape index (κ3) is 6.70. The number of aromatic nitrogens is 3. The average molecular weight is 622 g/mol. The fourth-order valence-electron chi connectivity index (χ4n) is 5.79. The zero-order valence-corrected chi connectivity index (χ0v) is 27.7. The van der Waals surface area contributed by atoms with Crippen molar-refractivity contribution in [1.82, 2.24) is 19.9 Å². The summed E-state index contributed by atoms with van der Waals surface area (Å²) >= 11 is 7.82. The highest BCUT2D eigenvalue weighted by Crippen LogP contribution is 2.44. The van der Waals surface area contributed by atoms with Crippen LogP contribution in [0.25, 0.3) is 32.0 Å². The van der Waals surface area contributed by atoms with E-state index in [-0.39, 0.29) is 0 Å². The van der Waals surface area contributed by atoms with Crippen molar-refractivity contribution in [3.8, 4) is 21.8 Å². The molecular weight excluding hydrogens is 582 g/mol. The number of aryl methyl sites for hydroxylation is 1. The largest absolute Gasteiger partial charge is 0.467 e. The van der Waals surface area contributed by atoms with E-state index >= 15 is 0 Å². The molecule has 1 aliphatic rings. The van der Waals surface area contributed by atoms with E-state index in [1.165, 1.54) is 7.11 Å². The highest BCUT2D eigenvalue weighted by atomic mass is 35.5. The number of benzene rings is 2. The fourth-order valence-corrected chi connectivity index (χ4v) is 7.01. The van der Waals surface area contributed by atoms with Crippen LogP contribution in [0.1, 0.15) is 58.8 Å². The van der Waals surface area contributed by atoms with Gasteiger partial charge in [0, 0.05) is 54.1 Å². The summed E-state index contributed by atoms with van der Waals surface area (Å²) < 4.78 is 12.5. The first-order chi connectivity index (χ1) is 20.4. The number of carbonyl (C=O) groups excluding carboxylic acids is 1. The summed E-state index contributed by atoms with van der Waals surface area (Å²) in [5, 5.41) is 1.41. The number of fused-ring (bicyclic) bond motifs is 1. The van der Waals surface area contributed by atoms with E-state index in [0.717, 1.165) is 62.8 Å². The maximum Gasteiger partial charge on any atom is 0.339 e. The van der Waals surface area contributed by atoms with E-state index in [2.05, 4.69) is 35.6 Å². The topological polar surface area (TPSA) is 80.7 Å². The molecule has 3 heterocycles. The Morgan fingerprint density at radius 1 is 1.12 bits per heavy atom. The van der Waals surface area contributed by atoms with Gasteiger partial charge in [0.15, 0.2) is 6.10 Å². The van der Waals surface area contributed by atoms with Crippen LogP contribution in [0, 0.1) is 6.92 Å². The van der Waals surface area contributed by atoms with Gasteiger partial charge in [0.05, 0.1) is 22.9 Å². The summed E-state index contributed by atoms with van der Waals surface area (Å²) in [7, 11) is 1.39. The number of hydrogen-bond acceptors (Lipinski definition) is 9. The molecule has 1 unspecified atom stereocenters. The van der Waals surface area contributed by atoms with Gasteiger partial charge in [-0.25, -0.2) is 19.7 Å². The second-order valence-corrected chi connectivity index (χ2v) is 13.8. The molecule has 0 bridgehead atoms. The van der Waals surface area contributed by atoms with Crippen LogP contribution >= 0.6 is 22.9 Å². The summed E-state index contributed by atoms with van der Waals surface area (Å²) in [5.74, 6) is 0.260. The van der Waals surface area contributed by atoms with Crippen molar-refractivity contribution in [1.29, 1.82) is 0 Å². The lowest BCUT2D eigenvalue weighted by molar-refractivity contribution is -0.164. The zero-order chi connectivity index (χ0) is 31.1. The van der Waals surface area contributed by atoms with Crippen molar-refractivity contribution < 1.29 is 14.3 Å². The molecule has 1 fully saturated rings. The van der Waals surface area contributed by atoms with Crippen LogP contribution < -0.4 is 4.90 Å². The van der Waals surface area contributed by atoms with Gasteiger partial charge in [-0.3, -0.25) is 4.90 Å². The van der Waals surface area contributed by atoms with Crippen LogP contribution in [-0.4, -0.2) is 70.2 Å². The molecule has 228 valence electrons. The van der Waals surface area contributed by atoms with Crippen molar-refractivity contribution in [2.75, 3.05) is 31.6 Å². The molecule has 0 N–H and O–H groups in total. The maximum absolute atomic E-state index is 13.2. The minimum Gasteiger partial charge on any atom is -0.467 e. The van der Waals surface area contributed by atoms with Crippen molar-refractivity contribution in [3.05, 3.63) is 58.7 Å². The number of nitrogens with zero attached hydrogens (tertiary/aromatic N) is 5. The lowest BCUT2D eigenvalue weighted by Crippen LogP contribution is -2.54. The quantitative estimate of drug-likeness (QED) is 0.198. The van der Waals surface area contributed by atoms with Gasteiger partial charge in [0.2, 0.25) is 5.95 Å². The van der Waals surface area contributed by atoms with Crippen molar-refractivity contribution >= 4 is 45.1 Å². The molecule has 10 heteroatoms.